The lowest BCUT2D eigenvalue weighted by molar-refractivity contribution is -0.140. The van der Waals surface area contributed by atoms with Gasteiger partial charge in [-0.2, -0.15) is 13.2 Å². The van der Waals surface area contributed by atoms with Gasteiger partial charge in [0.1, 0.15) is 18.1 Å². The Bertz CT molecular complexity index is 1280. The number of aromatic nitrogens is 1. The van der Waals surface area contributed by atoms with E-state index in [1.807, 2.05) is 6.07 Å². The molecule has 1 aromatic heterocycles. The van der Waals surface area contributed by atoms with E-state index < -0.39 is 18.5 Å². The average Bonchev–Trinajstić information content (AvgIpc) is 3.18. The number of halogens is 4. The van der Waals surface area contributed by atoms with Crippen molar-refractivity contribution in [2.75, 3.05) is 37.5 Å². The monoisotopic (exact) mass is 522 g/mol. The number of rotatable bonds is 7. The number of hydrogen-bond acceptors (Lipinski definition) is 6. The van der Waals surface area contributed by atoms with E-state index >= 15 is 0 Å². The Hall–Kier alpha value is -3.07. The zero-order chi connectivity index (χ0) is 25.7. The molecule has 0 unspecified atom stereocenters. The fourth-order valence-electron chi connectivity index (χ4n) is 4.12. The molecule has 0 bridgehead atoms. The summed E-state index contributed by atoms with van der Waals surface area (Å²) in [6.45, 7) is 0.0295. The van der Waals surface area contributed by atoms with Crippen molar-refractivity contribution in [3.63, 3.8) is 0 Å². The van der Waals surface area contributed by atoms with Gasteiger partial charge in [-0.25, -0.2) is 4.39 Å². The fourth-order valence-corrected chi connectivity index (χ4v) is 4.44. The highest BCUT2D eigenvalue weighted by atomic mass is 32.2. The van der Waals surface area contributed by atoms with E-state index in [0.717, 1.165) is 40.3 Å². The molecule has 3 aromatic rings. The van der Waals surface area contributed by atoms with Crippen molar-refractivity contribution in [2.45, 2.75) is 36.5 Å². The fraction of sp³-hybridized carbons (Fsp3) is 0.360. The Morgan fingerprint density at radius 3 is 2.64 bits per heavy atom. The second-order valence-corrected chi connectivity index (χ2v) is 8.99. The first-order chi connectivity index (χ1) is 17.3. The molecule has 4 rings (SSSR count). The van der Waals surface area contributed by atoms with Crippen molar-refractivity contribution in [3.05, 3.63) is 47.9 Å². The highest BCUT2D eigenvalue weighted by molar-refractivity contribution is 7.97. The summed E-state index contributed by atoms with van der Waals surface area (Å²) in [5.74, 6) is 5.64. The topological polar surface area (TPSA) is 73.5 Å². The first kappa shape index (κ1) is 26.0. The molecule has 36 heavy (non-hydrogen) atoms. The van der Waals surface area contributed by atoms with Crippen LogP contribution in [0.4, 0.5) is 28.9 Å². The Kier molecular flexibility index (Phi) is 8.18. The highest BCUT2D eigenvalue weighted by Gasteiger charge is 2.30. The maximum atomic E-state index is 14.5. The zero-order valence-corrected chi connectivity index (χ0v) is 20.4. The molecule has 192 valence electrons. The van der Waals surface area contributed by atoms with E-state index in [1.54, 1.807) is 18.2 Å². The summed E-state index contributed by atoms with van der Waals surface area (Å²) in [6, 6.07) is 9.41. The van der Waals surface area contributed by atoms with Crippen molar-refractivity contribution in [2.24, 2.45) is 5.14 Å². The molecule has 11 heteroatoms. The predicted molar refractivity (Wildman–Crippen MR) is 134 cm³/mol. The van der Waals surface area contributed by atoms with Crippen molar-refractivity contribution in [1.29, 1.82) is 0 Å². The summed E-state index contributed by atoms with van der Waals surface area (Å²) >= 11 is 1.09. The summed E-state index contributed by atoms with van der Waals surface area (Å²) in [6.07, 6.45) is -3.04. The Morgan fingerprint density at radius 2 is 1.94 bits per heavy atom. The number of fused-ring (bicyclic) bond motifs is 1. The minimum atomic E-state index is -4.50. The minimum Gasteiger partial charge on any atom is -0.495 e. The molecule has 1 aliphatic rings. The third kappa shape index (κ3) is 6.37. The van der Waals surface area contributed by atoms with Crippen LogP contribution in [-0.2, 0) is 11.3 Å². The molecule has 0 saturated carbocycles. The van der Waals surface area contributed by atoms with Crippen LogP contribution in [0.3, 0.4) is 0 Å². The van der Waals surface area contributed by atoms with Crippen LogP contribution in [0.25, 0.3) is 10.9 Å². The predicted octanol–water partition coefficient (Wildman–Crippen LogP) is 5.37. The number of hydrogen-bond donors (Lipinski definition) is 3. The Morgan fingerprint density at radius 1 is 1.17 bits per heavy atom. The summed E-state index contributed by atoms with van der Waals surface area (Å²) in [4.78, 5) is 0.817. The van der Waals surface area contributed by atoms with Gasteiger partial charge in [0.25, 0.3) is 0 Å². The smallest absolute Gasteiger partial charge is 0.406 e. The number of ether oxygens (including phenoxy) is 2. The van der Waals surface area contributed by atoms with Crippen molar-refractivity contribution >= 4 is 34.2 Å². The molecule has 1 aliphatic heterocycles. The van der Waals surface area contributed by atoms with Gasteiger partial charge in [0.05, 0.1) is 30.6 Å². The SMILES string of the molecule is COc1cc(SN)ccc1NCC#Cc1cc2c(NC3CCOCC3)cc(F)cc2n1CC(F)(F)F. The van der Waals surface area contributed by atoms with Gasteiger partial charge in [-0.3, -0.25) is 5.14 Å². The molecule has 4 N–H and O–H groups in total. The summed E-state index contributed by atoms with van der Waals surface area (Å²) in [7, 11) is 1.53. The number of nitrogens with one attached hydrogen (secondary N) is 2. The van der Waals surface area contributed by atoms with E-state index in [0.29, 0.717) is 35.7 Å². The van der Waals surface area contributed by atoms with Gasteiger partial charge >= 0.3 is 6.18 Å². The average molecular weight is 523 g/mol. The summed E-state index contributed by atoms with van der Waals surface area (Å²) < 4.78 is 66.5. The van der Waals surface area contributed by atoms with Crippen LogP contribution < -0.4 is 20.5 Å². The number of nitrogens with zero attached hydrogens (tertiary/aromatic N) is 1. The molecule has 1 fully saturated rings. The molecular formula is C25H26F4N4O2S. The Balaban J connectivity index is 1.63. The standard InChI is InChI=1S/C25H26F4N4O2S/c1-34-24-14-19(36-30)4-5-21(24)31-8-2-3-18-13-20-22(32-17-6-9-35-10-7-17)11-16(26)12-23(20)33(18)15-25(27,28)29/h4-5,11-14,17,31-32H,6-10,15,30H2,1H3. The van der Waals surface area contributed by atoms with E-state index in [-0.39, 0.29) is 23.8 Å². The molecule has 2 aromatic carbocycles. The summed E-state index contributed by atoms with van der Waals surface area (Å²) in [5.41, 5.74) is 1.40. The first-order valence-corrected chi connectivity index (χ1v) is 12.2. The minimum absolute atomic E-state index is 0.0486. The first-order valence-electron chi connectivity index (χ1n) is 11.3. The molecule has 0 radical (unpaired) electrons. The molecule has 0 aliphatic carbocycles. The van der Waals surface area contributed by atoms with Crippen LogP contribution in [0.1, 0.15) is 18.5 Å². The zero-order valence-electron chi connectivity index (χ0n) is 19.5. The Labute approximate surface area is 210 Å². The highest BCUT2D eigenvalue weighted by Crippen LogP contribution is 2.32. The number of alkyl halides is 3. The lowest BCUT2D eigenvalue weighted by Crippen LogP contribution is -2.27. The van der Waals surface area contributed by atoms with Gasteiger partial charge in [0.2, 0.25) is 0 Å². The van der Waals surface area contributed by atoms with Crippen LogP contribution in [0.2, 0.25) is 0 Å². The van der Waals surface area contributed by atoms with Crippen LogP contribution in [0.5, 0.6) is 5.75 Å². The summed E-state index contributed by atoms with van der Waals surface area (Å²) in [5, 5.41) is 12.4. The van der Waals surface area contributed by atoms with E-state index in [9.17, 15) is 17.6 Å². The van der Waals surface area contributed by atoms with Crippen LogP contribution in [-0.4, -0.2) is 43.7 Å². The third-order valence-corrected chi connectivity index (χ3v) is 6.32. The van der Waals surface area contributed by atoms with Gasteiger partial charge in [0.15, 0.2) is 0 Å². The van der Waals surface area contributed by atoms with E-state index in [2.05, 4.69) is 22.5 Å². The van der Waals surface area contributed by atoms with Gasteiger partial charge in [0, 0.05) is 35.2 Å². The number of benzene rings is 2. The van der Waals surface area contributed by atoms with Gasteiger partial charge in [-0.1, -0.05) is 5.92 Å². The number of anilines is 2. The van der Waals surface area contributed by atoms with Crippen molar-refractivity contribution in [3.8, 4) is 17.6 Å². The molecule has 0 atom stereocenters. The van der Waals surface area contributed by atoms with Crippen LogP contribution in [0, 0.1) is 17.7 Å². The maximum absolute atomic E-state index is 14.5. The number of methoxy groups -OCH3 is 1. The van der Waals surface area contributed by atoms with E-state index in [1.165, 1.54) is 13.2 Å². The maximum Gasteiger partial charge on any atom is 0.406 e. The molecule has 6 nitrogen and oxygen atoms in total. The lowest BCUT2D eigenvalue weighted by atomic mass is 10.1. The second-order valence-electron chi connectivity index (χ2n) is 8.28. The van der Waals surface area contributed by atoms with Crippen LogP contribution >= 0.6 is 11.9 Å². The molecule has 1 saturated heterocycles. The van der Waals surface area contributed by atoms with Crippen molar-refractivity contribution in [1.82, 2.24) is 4.57 Å². The third-order valence-electron chi connectivity index (χ3n) is 5.80. The molecule has 0 amide bonds. The molecule has 2 heterocycles. The molecular weight excluding hydrogens is 496 g/mol. The van der Waals surface area contributed by atoms with Gasteiger partial charge < -0.3 is 24.7 Å². The quantitative estimate of drug-likeness (QED) is 0.220. The second kappa shape index (κ2) is 11.3. The van der Waals surface area contributed by atoms with Gasteiger partial charge in [-0.15, -0.1) is 0 Å². The van der Waals surface area contributed by atoms with Crippen LogP contribution in [0.15, 0.2) is 41.3 Å². The van der Waals surface area contributed by atoms with Crippen molar-refractivity contribution < 1.29 is 27.0 Å². The van der Waals surface area contributed by atoms with E-state index in [4.69, 9.17) is 14.6 Å². The van der Waals surface area contributed by atoms with Gasteiger partial charge in [-0.05, 0) is 67.1 Å². The lowest BCUT2D eigenvalue weighted by Gasteiger charge is -2.24. The molecule has 0 spiro atoms. The normalized spacial score (nSPS) is 14.4. The number of nitrogens with two attached hydrogens (primary N) is 1. The largest absolute Gasteiger partial charge is 0.495 e.